The van der Waals surface area contributed by atoms with Crippen LogP contribution < -0.4 is 10.1 Å². The van der Waals surface area contributed by atoms with Gasteiger partial charge in [0.2, 0.25) is 0 Å². The lowest BCUT2D eigenvalue weighted by molar-refractivity contribution is -0.156. The molecule has 3 aromatic rings. The number of carbonyl (C=O) groups is 2. The summed E-state index contributed by atoms with van der Waals surface area (Å²) < 4.78 is 10.7. The Morgan fingerprint density at radius 1 is 0.900 bits per heavy atom. The van der Waals surface area contributed by atoms with Crippen LogP contribution in [0.5, 0.6) is 5.75 Å². The van der Waals surface area contributed by atoms with Gasteiger partial charge in [-0.15, -0.1) is 0 Å². The number of hydrogen-bond acceptors (Lipinski definition) is 4. The lowest BCUT2D eigenvalue weighted by Crippen LogP contribution is -2.41. The topological polar surface area (TPSA) is 64.6 Å². The van der Waals surface area contributed by atoms with Gasteiger partial charge >= 0.3 is 5.97 Å². The summed E-state index contributed by atoms with van der Waals surface area (Å²) in [5.41, 5.74) is 1.23. The molecule has 0 aliphatic rings. The Labute approximate surface area is 177 Å². The standard InChI is InChI=1S/C25H27NO4/c1-18(12-13-20-8-4-3-5-9-20)26-25(28)19(2)30-24(27)17-29-23-15-14-21-10-6-7-11-22(21)16-23/h3-11,14-16,18-19H,12-13,17H2,1-2H3,(H,26,28)/t18-,19+/m1/s1. The van der Waals surface area contributed by atoms with Gasteiger partial charge in [-0.1, -0.05) is 60.7 Å². The zero-order valence-electron chi connectivity index (χ0n) is 17.3. The van der Waals surface area contributed by atoms with Crippen LogP contribution in [0, 0.1) is 0 Å². The molecule has 0 aromatic heterocycles. The monoisotopic (exact) mass is 405 g/mol. The Morgan fingerprint density at radius 2 is 1.60 bits per heavy atom. The second kappa shape index (κ2) is 10.4. The molecule has 0 saturated heterocycles. The van der Waals surface area contributed by atoms with Gasteiger partial charge in [0.1, 0.15) is 5.75 Å². The molecule has 5 heteroatoms. The number of ether oxygens (including phenoxy) is 2. The summed E-state index contributed by atoms with van der Waals surface area (Å²) >= 11 is 0. The van der Waals surface area contributed by atoms with Crippen molar-refractivity contribution in [1.29, 1.82) is 0 Å². The normalized spacial score (nSPS) is 12.7. The minimum atomic E-state index is -0.878. The van der Waals surface area contributed by atoms with Crippen molar-refractivity contribution in [1.82, 2.24) is 5.32 Å². The molecule has 1 N–H and O–H groups in total. The van der Waals surface area contributed by atoms with Gasteiger partial charge in [-0.3, -0.25) is 4.79 Å². The van der Waals surface area contributed by atoms with Crippen molar-refractivity contribution in [2.45, 2.75) is 38.8 Å². The number of benzene rings is 3. The van der Waals surface area contributed by atoms with E-state index < -0.39 is 12.1 Å². The van der Waals surface area contributed by atoms with E-state index in [1.54, 1.807) is 13.0 Å². The van der Waals surface area contributed by atoms with Crippen molar-refractivity contribution in [2.75, 3.05) is 6.61 Å². The van der Waals surface area contributed by atoms with Gasteiger partial charge in [0.25, 0.3) is 5.91 Å². The number of esters is 1. The maximum atomic E-state index is 12.3. The summed E-state index contributed by atoms with van der Waals surface area (Å²) in [4.78, 5) is 24.4. The maximum absolute atomic E-state index is 12.3. The Morgan fingerprint density at radius 3 is 2.37 bits per heavy atom. The van der Waals surface area contributed by atoms with Crippen LogP contribution in [0.25, 0.3) is 10.8 Å². The predicted octanol–water partition coefficient (Wildman–Crippen LogP) is 4.29. The van der Waals surface area contributed by atoms with E-state index in [0.29, 0.717) is 5.75 Å². The molecule has 0 spiro atoms. The second-order valence-corrected chi connectivity index (χ2v) is 7.36. The molecule has 3 aromatic carbocycles. The van der Waals surface area contributed by atoms with Crippen LogP contribution in [0.2, 0.25) is 0 Å². The van der Waals surface area contributed by atoms with Crippen LogP contribution in [0.15, 0.2) is 72.8 Å². The first-order valence-corrected chi connectivity index (χ1v) is 10.2. The first-order chi connectivity index (χ1) is 14.5. The van der Waals surface area contributed by atoms with Crippen molar-refractivity contribution in [3.63, 3.8) is 0 Å². The fourth-order valence-electron chi connectivity index (χ4n) is 3.14. The Hall–Kier alpha value is -3.34. The minimum Gasteiger partial charge on any atom is -0.482 e. The highest BCUT2D eigenvalue weighted by Gasteiger charge is 2.19. The fraction of sp³-hybridized carbons (Fsp3) is 0.280. The predicted molar refractivity (Wildman–Crippen MR) is 117 cm³/mol. The van der Waals surface area contributed by atoms with Crippen molar-refractivity contribution < 1.29 is 19.1 Å². The Bertz CT molecular complexity index is 987. The third-order valence-electron chi connectivity index (χ3n) is 4.85. The molecule has 0 aliphatic heterocycles. The molecule has 30 heavy (non-hydrogen) atoms. The highest BCUT2D eigenvalue weighted by Crippen LogP contribution is 2.20. The van der Waals surface area contributed by atoms with Crippen LogP contribution >= 0.6 is 0 Å². The lowest BCUT2D eigenvalue weighted by atomic mass is 10.1. The van der Waals surface area contributed by atoms with Gasteiger partial charge in [0.15, 0.2) is 12.7 Å². The molecular formula is C25H27NO4. The van der Waals surface area contributed by atoms with Crippen LogP contribution in [0.1, 0.15) is 25.8 Å². The summed E-state index contributed by atoms with van der Waals surface area (Å²) in [6.07, 6.45) is 0.800. The summed E-state index contributed by atoms with van der Waals surface area (Å²) in [5.74, 6) is -0.311. The van der Waals surface area contributed by atoms with Gasteiger partial charge in [0.05, 0.1) is 0 Å². The van der Waals surface area contributed by atoms with Crippen molar-refractivity contribution in [2.24, 2.45) is 0 Å². The Balaban J connectivity index is 1.40. The zero-order valence-corrected chi connectivity index (χ0v) is 17.3. The summed E-state index contributed by atoms with van der Waals surface area (Å²) in [6.45, 7) is 3.25. The van der Waals surface area contributed by atoms with Gasteiger partial charge < -0.3 is 14.8 Å². The van der Waals surface area contributed by atoms with Gasteiger partial charge in [-0.05, 0) is 55.2 Å². The first kappa shape index (κ1) is 21.4. The zero-order chi connectivity index (χ0) is 21.3. The number of hydrogen-bond donors (Lipinski definition) is 1. The van der Waals surface area contributed by atoms with E-state index in [0.717, 1.165) is 23.6 Å². The first-order valence-electron chi connectivity index (χ1n) is 10.2. The molecule has 0 fully saturated rings. The number of fused-ring (bicyclic) bond motifs is 1. The number of nitrogens with one attached hydrogen (secondary N) is 1. The number of amides is 1. The molecular weight excluding hydrogens is 378 g/mol. The van der Waals surface area contributed by atoms with E-state index in [1.807, 2.05) is 61.5 Å². The van der Waals surface area contributed by atoms with E-state index in [9.17, 15) is 9.59 Å². The average molecular weight is 405 g/mol. The summed E-state index contributed by atoms with van der Waals surface area (Å²) in [5, 5.41) is 5.02. The third kappa shape index (κ3) is 6.34. The molecule has 0 saturated carbocycles. The molecule has 0 aliphatic carbocycles. The van der Waals surface area contributed by atoms with E-state index in [-0.39, 0.29) is 18.6 Å². The van der Waals surface area contributed by atoms with Crippen LogP contribution in [0.3, 0.4) is 0 Å². The highest BCUT2D eigenvalue weighted by molar-refractivity contribution is 5.85. The average Bonchev–Trinajstić information content (AvgIpc) is 2.76. The van der Waals surface area contributed by atoms with Crippen molar-refractivity contribution >= 4 is 22.6 Å². The smallest absolute Gasteiger partial charge is 0.344 e. The van der Waals surface area contributed by atoms with Crippen LogP contribution in [0.4, 0.5) is 0 Å². The van der Waals surface area contributed by atoms with Crippen LogP contribution in [-0.2, 0) is 20.7 Å². The molecule has 0 bridgehead atoms. The molecule has 0 unspecified atom stereocenters. The van der Waals surface area contributed by atoms with E-state index in [4.69, 9.17) is 9.47 Å². The number of rotatable bonds is 9. The second-order valence-electron chi connectivity index (χ2n) is 7.36. The van der Waals surface area contributed by atoms with Crippen molar-refractivity contribution in [3.8, 4) is 5.75 Å². The molecule has 156 valence electrons. The van der Waals surface area contributed by atoms with Crippen molar-refractivity contribution in [3.05, 3.63) is 78.4 Å². The molecule has 3 rings (SSSR count). The molecule has 0 radical (unpaired) electrons. The largest absolute Gasteiger partial charge is 0.482 e. The lowest BCUT2D eigenvalue weighted by Gasteiger charge is -2.18. The molecule has 5 nitrogen and oxygen atoms in total. The minimum absolute atomic E-state index is 0.0206. The van der Waals surface area contributed by atoms with Gasteiger partial charge in [-0.25, -0.2) is 4.79 Å². The maximum Gasteiger partial charge on any atom is 0.344 e. The molecule has 1 amide bonds. The van der Waals surface area contributed by atoms with Gasteiger partial charge in [-0.2, -0.15) is 0 Å². The Kier molecular flexibility index (Phi) is 7.44. The third-order valence-corrected chi connectivity index (χ3v) is 4.85. The number of carbonyl (C=O) groups excluding carboxylic acids is 2. The molecule has 2 atom stereocenters. The number of aryl methyl sites for hydroxylation is 1. The summed E-state index contributed by atoms with van der Waals surface area (Å²) in [7, 11) is 0. The van der Waals surface area contributed by atoms with E-state index in [2.05, 4.69) is 17.4 Å². The summed E-state index contributed by atoms with van der Waals surface area (Å²) in [6, 6.07) is 23.6. The molecule has 0 heterocycles. The van der Waals surface area contributed by atoms with Crippen LogP contribution in [-0.4, -0.2) is 30.6 Å². The highest BCUT2D eigenvalue weighted by atomic mass is 16.6. The van der Waals surface area contributed by atoms with E-state index in [1.165, 1.54) is 5.56 Å². The van der Waals surface area contributed by atoms with E-state index >= 15 is 0 Å². The quantitative estimate of drug-likeness (QED) is 0.540. The SMILES string of the molecule is C[C@H](CCc1ccccc1)NC(=O)[C@H](C)OC(=O)COc1ccc2ccccc2c1. The fourth-order valence-corrected chi connectivity index (χ4v) is 3.14. The van der Waals surface area contributed by atoms with Gasteiger partial charge in [0, 0.05) is 6.04 Å².